The van der Waals surface area contributed by atoms with Gasteiger partial charge in [0.15, 0.2) is 6.10 Å². The van der Waals surface area contributed by atoms with Gasteiger partial charge in [-0.3, -0.25) is 4.57 Å². The van der Waals surface area contributed by atoms with Gasteiger partial charge in [0.05, 0.1) is 6.61 Å². The quantitative estimate of drug-likeness (QED) is 0.605. The highest BCUT2D eigenvalue weighted by molar-refractivity contribution is 14.1. The topological polar surface area (TPSA) is 111 Å². The number of aliphatic hydroxyl groups is 2. The number of alkyl halides is 2. The van der Waals surface area contributed by atoms with Crippen LogP contribution in [0.1, 0.15) is 11.8 Å². The van der Waals surface area contributed by atoms with Gasteiger partial charge in [0.1, 0.15) is 11.9 Å². The van der Waals surface area contributed by atoms with Crippen LogP contribution >= 0.6 is 22.6 Å². The number of ether oxygens (including phenoxy) is 1. The van der Waals surface area contributed by atoms with Gasteiger partial charge in [-0.1, -0.05) is 22.6 Å². The number of hydrogen-bond donors (Lipinski definition) is 3. The van der Waals surface area contributed by atoms with E-state index in [-0.39, 0.29) is 11.4 Å². The third-order valence-electron chi connectivity index (χ3n) is 3.07. The summed E-state index contributed by atoms with van der Waals surface area (Å²) in [5.41, 5.74) is 4.75. The van der Waals surface area contributed by atoms with Gasteiger partial charge < -0.3 is 20.7 Å². The third kappa shape index (κ3) is 2.80. The molecule has 0 radical (unpaired) electrons. The van der Waals surface area contributed by atoms with E-state index in [0.29, 0.717) is 4.57 Å². The molecule has 1 fully saturated rings. The van der Waals surface area contributed by atoms with Crippen molar-refractivity contribution in [1.82, 2.24) is 9.55 Å². The third-order valence-corrected chi connectivity index (χ3v) is 3.43. The molecular formula is C11H12F2IN3O4. The van der Waals surface area contributed by atoms with Crippen LogP contribution < -0.4 is 11.4 Å². The fourth-order valence-corrected chi connectivity index (χ4v) is 2.37. The van der Waals surface area contributed by atoms with Crippen LogP contribution in [-0.4, -0.2) is 44.5 Å². The Labute approximate surface area is 131 Å². The smallest absolute Gasteiger partial charge is 0.351 e. The Morgan fingerprint density at radius 3 is 2.81 bits per heavy atom. The molecule has 0 saturated carbocycles. The Hall–Kier alpha value is -1.11. The number of nitrogens with zero attached hydrogens (tertiary/aromatic N) is 2. The zero-order valence-electron chi connectivity index (χ0n) is 10.5. The number of hydrogen-bond acceptors (Lipinski definition) is 6. The Balaban J connectivity index is 2.51. The predicted octanol–water partition coefficient (Wildman–Crippen LogP) is 0.117. The summed E-state index contributed by atoms with van der Waals surface area (Å²) in [4.78, 5) is 15.2. The summed E-state index contributed by atoms with van der Waals surface area (Å²) < 4.78 is 35.0. The van der Waals surface area contributed by atoms with Crippen LogP contribution in [0.3, 0.4) is 0 Å². The fraction of sp³-hybridized carbons (Fsp3) is 0.455. The number of anilines is 1. The minimum Gasteiger partial charge on any atom is -0.394 e. The van der Waals surface area contributed by atoms with Crippen molar-refractivity contribution in [1.29, 1.82) is 0 Å². The standard InChI is InChI=1S/C11H12F2IN3O4/c12-11(13)7(19)6(4-18)21-9(11)17-3-5(1-2-14)8(15)16-10(17)20/h1-3,6-7,9,18-19H,4H2,(H2,15,16,20)/b2-1+. The van der Waals surface area contributed by atoms with Gasteiger partial charge in [0.2, 0.25) is 6.23 Å². The highest BCUT2D eigenvalue weighted by Gasteiger charge is 2.59. The van der Waals surface area contributed by atoms with Gasteiger partial charge in [-0.05, 0) is 10.2 Å². The van der Waals surface area contributed by atoms with Crippen molar-refractivity contribution < 1.29 is 23.7 Å². The van der Waals surface area contributed by atoms with Gasteiger partial charge in [-0.25, -0.2) is 4.79 Å². The van der Waals surface area contributed by atoms with Crippen molar-refractivity contribution in [3.05, 3.63) is 26.3 Å². The Morgan fingerprint density at radius 1 is 1.62 bits per heavy atom. The maximum absolute atomic E-state index is 14.0. The van der Waals surface area contributed by atoms with Crippen molar-refractivity contribution in [3.63, 3.8) is 0 Å². The minimum atomic E-state index is -3.75. The van der Waals surface area contributed by atoms with E-state index in [1.54, 1.807) is 4.08 Å². The van der Waals surface area contributed by atoms with E-state index in [1.807, 2.05) is 22.6 Å². The zero-order chi connectivity index (χ0) is 15.8. The summed E-state index contributed by atoms with van der Waals surface area (Å²) in [6, 6.07) is 0. The first-order valence-corrected chi connectivity index (χ1v) is 7.05. The summed E-state index contributed by atoms with van der Waals surface area (Å²) in [5.74, 6) is -3.86. The van der Waals surface area contributed by atoms with E-state index in [0.717, 1.165) is 6.20 Å². The van der Waals surface area contributed by atoms with Crippen molar-refractivity contribution in [2.45, 2.75) is 24.4 Å². The molecule has 1 aromatic heterocycles. The first-order chi connectivity index (χ1) is 9.82. The molecule has 1 aliphatic heterocycles. The molecule has 7 nitrogen and oxygen atoms in total. The molecule has 2 heterocycles. The normalized spacial score (nSPS) is 28.3. The van der Waals surface area contributed by atoms with Crippen LogP contribution in [0.15, 0.2) is 15.1 Å². The average Bonchev–Trinajstić information content (AvgIpc) is 2.65. The number of halogens is 3. The van der Waals surface area contributed by atoms with Crippen LogP contribution in [0.2, 0.25) is 0 Å². The lowest BCUT2D eigenvalue weighted by Crippen LogP contribution is -2.42. The van der Waals surface area contributed by atoms with Crippen molar-refractivity contribution in [2.24, 2.45) is 0 Å². The van der Waals surface area contributed by atoms with Crippen molar-refractivity contribution in [3.8, 4) is 0 Å². The summed E-state index contributed by atoms with van der Waals surface area (Å²) in [5, 5.41) is 18.4. The number of nitrogen functional groups attached to an aromatic ring is 1. The Morgan fingerprint density at radius 2 is 2.29 bits per heavy atom. The van der Waals surface area contributed by atoms with Crippen LogP contribution in [0, 0.1) is 0 Å². The summed E-state index contributed by atoms with van der Waals surface area (Å²) >= 11 is 1.89. The minimum absolute atomic E-state index is 0.107. The van der Waals surface area contributed by atoms with Gasteiger partial charge in [-0.2, -0.15) is 13.8 Å². The van der Waals surface area contributed by atoms with Gasteiger partial charge in [-0.15, -0.1) is 0 Å². The van der Waals surface area contributed by atoms with E-state index in [1.165, 1.54) is 6.08 Å². The molecule has 3 atom stereocenters. The highest BCUT2D eigenvalue weighted by Crippen LogP contribution is 2.42. The summed E-state index contributed by atoms with van der Waals surface area (Å²) in [7, 11) is 0. The maximum atomic E-state index is 14.0. The molecule has 3 unspecified atom stereocenters. The van der Waals surface area contributed by atoms with E-state index < -0.39 is 36.7 Å². The number of nitrogens with two attached hydrogens (primary N) is 1. The van der Waals surface area contributed by atoms with E-state index in [2.05, 4.69) is 4.98 Å². The molecule has 1 saturated heterocycles. The molecule has 0 aliphatic carbocycles. The lowest BCUT2D eigenvalue weighted by Gasteiger charge is -2.21. The van der Waals surface area contributed by atoms with Gasteiger partial charge in [0, 0.05) is 11.8 Å². The first-order valence-electron chi connectivity index (χ1n) is 5.80. The highest BCUT2D eigenvalue weighted by atomic mass is 127. The van der Waals surface area contributed by atoms with Gasteiger partial charge >= 0.3 is 11.6 Å². The largest absolute Gasteiger partial charge is 0.394 e. The number of rotatable bonds is 3. The molecule has 2 rings (SSSR count). The second kappa shape index (κ2) is 5.94. The molecule has 4 N–H and O–H groups in total. The molecule has 116 valence electrons. The van der Waals surface area contributed by atoms with E-state index in [4.69, 9.17) is 15.6 Å². The number of aliphatic hydroxyl groups excluding tert-OH is 2. The summed E-state index contributed by atoms with van der Waals surface area (Å²) in [6.45, 7) is -0.801. The summed E-state index contributed by atoms with van der Waals surface area (Å²) in [6.07, 6.45) is -3.22. The second-order valence-corrected chi connectivity index (χ2v) is 5.11. The van der Waals surface area contributed by atoms with E-state index in [9.17, 15) is 18.7 Å². The molecular weight excluding hydrogens is 403 g/mol. The molecule has 0 spiro atoms. The van der Waals surface area contributed by atoms with Crippen LogP contribution in [0.25, 0.3) is 6.08 Å². The van der Waals surface area contributed by atoms with Crippen LogP contribution in [-0.2, 0) is 4.74 Å². The average molecular weight is 415 g/mol. The molecule has 21 heavy (non-hydrogen) atoms. The molecule has 0 aromatic carbocycles. The molecule has 1 aromatic rings. The molecule has 0 amide bonds. The first kappa shape index (κ1) is 16.3. The number of aromatic nitrogens is 2. The van der Waals surface area contributed by atoms with E-state index >= 15 is 0 Å². The predicted molar refractivity (Wildman–Crippen MR) is 77.9 cm³/mol. The Bertz CT molecular complexity index is 622. The lowest BCUT2D eigenvalue weighted by atomic mass is 10.1. The molecule has 10 heteroatoms. The van der Waals surface area contributed by atoms with Crippen molar-refractivity contribution in [2.75, 3.05) is 12.3 Å². The molecule has 1 aliphatic rings. The van der Waals surface area contributed by atoms with Crippen LogP contribution in [0.5, 0.6) is 0 Å². The fourth-order valence-electron chi connectivity index (χ4n) is 1.98. The van der Waals surface area contributed by atoms with Crippen molar-refractivity contribution >= 4 is 34.5 Å². The van der Waals surface area contributed by atoms with Gasteiger partial charge in [0.25, 0.3) is 0 Å². The molecule has 0 bridgehead atoms. The monoisotopic (exact) mass is 415 g/mol. The SMILES string of the molecule is Nc1nc(=O)n(C2OC(CO)C(O)C2(F)F)cc1/C=C/I. The lowest BCUT2D eigenvalue weighted by molar-refractivity contribution is -0.141. The second-order valence-electron chi connectivity index (χ2n) is 4.39. The zero-order valence-corrected chi connectivity index (χ0v) is 12.6. The van der Waals surface area contributed by atoms with Crippen LogP contribution in [0.4, 0.5) is 14.6 Å². The Kier molecular flexibility index (Phi) is 4.60. The maximum Gasteiger partial charge on any atom is 0.351 e.